The third kappa shape index (κ3) is 11.4. The third-order valence-electron chi connectivity index (χ3n) is 3.69. The van der Waals surface area contributed by atoms with Gasteiger partial charge in [0.05, 0.1) is 0 Å². The standard InChI is InChI=1S/C17H33NO3/c1-4-5-6-7-8-9-10-11-12-13-15(19)21-17(20)16(18)14(2)3/h14,16H,4-13,18H2,1-3H3. The van der Waals surface area contributed by atoms with Crippen LogP contribution < -0.4 is 5.73 Å². The van der Waals surface area contributed by atoms with Crippen LogP contribution in [0.2, 0.25) is 0 Å². The zero-order valence-corrected chi connectivity index (χ0v) is 14.0. The van der Waals surface area contributed by atoms with Crippen LogP contribution in [-0.2, 0) is 14.3 Å². The Labute approximate surface area is 129 Å². The minimum Gasteiger partial charge on any atom is -0.392 e. The summed E-state index contributed by atoms with van der Waals surface area (Å²) in [5, 5.41) is 0. The predicted molar refractivity (Wildman–Crippen MR) is 85.8 cm³/mol. The monoisotopic (exact) mass is 299 g/mol. The topological polar surface area (TPSA) is 69.4 Å². The zero-order valence-electron chi connectivity index (χ0n) is 14.0. The number of carbonyl (C=O) groups excluding carboxylic acids is 2. The van der Waals surface area contributed by atoms with Gasteiger partial charge in [-0.1, -0.05) is 72.1 Å². The predicted octanol–water partition coefficient (Wildman–Crippen LogP) is 3.96. The normalized spacial score (nSPS) is 12.4. The molecule has 124 valence electrons. The average Bonchev–Trinajstić information content (AvgIpc) is 2.44. The fourth-order valence-electron chi connectivity index (χ4n) is 2.08. The molecule has 0 aromatic rings. The average molecular weight is 299 g/mol. The van der Waals surface area contributed by atoms with E-state index < -0.39 is 18.0 Å². The Kier molecular flexibility index (Phi) is 12.3. The van der Waals surface area contributed by atoms with Gasteiger partial charge in [-0.05, 0) is 12.3 Å². The minimum atomic E-state index is -0.711. The molecule has 0 saturated carbocycles. The largest absolute Gasteiger partial charge is 0.392 e. The molecule has 4 heteroatoms. The van der Waals surface area contributed by atoms with E-state index in [2.05, 4.69) is 6.92 Å². The van der Waals surface area contributed by atoms with E-state index in [1.807, 2.05) is 13.8 Å². The molecule has 0 bridgehead atoms. The maximum absolute atomic E-state index is 11.5. The molecule has 0 spiro atoms. The molecule has 0 amide bonds. The first-order valence-corrected chi connectivity index (χ1v) is 8.49. The lowest BCUT2D eigenvalue weighted by Crippen LogP contribution is -2.38. The van der Waals surface area contributed by atoms with E-state index in [1.165, 1.54) is 38.5 Å². The van der Waals surface area contributed by atoms with Gasteiger partial charge in [0.25, 0.3) is 0 Å². The van der Waals surface area contributed by atoms with Crippen LogP contribution >= 0.6 is 0 Å². The van der Waals surface area contributed by atoms with Crippen molar-refractivity contribution in [3.8, 4) is 0 Å². The SMILES string of the molecule is CCCCCCCCCCCC(=O)OC(=O)C(N)C(C)C. The van der Waals surface area contributed by atoms with E-state index in [9.17, 15) is 9.59 Å². The quantitative estimate of drug-likeness (QED) is 0.336. The van der Waals surface area contributed by atoms with E-state index in [0.717, 1.165) is 19.3 Å². The van der Waals surface area contributed by atoms with E-state index in [0.29, 0.717) is 6.42 Å². The van der Waals surface area contributed by atoms with Crippen molar-refractivity contribution in [1.29, 1.82) is 0 Å². The molecule has 0 radical (unpaired) electrons. The summed E-state index contributed by atoms with van der Waals surface area (Å²) in [5.41, 5.74) is 5.63. The van der Waals surface area contributed by atoms with Gasteiger partial charge in [0, 0.05) is 6.42 Å². The highest BCUT2D eigenvalue weighted by Gasteiger charge is 2.21. The van der Waals surface area contributed by atoms with Gasteiger partial charge in [0.15, 0.2) is 0 Å². The molecule has 1 unspecified atom stereocenters. The highest BCUT2D eigenvalue weighted by Crippen LogP contribution is 2.11. The first-order chi connectivity index (χ1) is 9.99. The maximum Gasteiger partial charge on any atom is 0.330 e. The summed E-state index contributed by atoms with van der Waals surface area (Å²) in [7, 11) is 0. The van der Waals surface area contributed by atoms with Crippen LogP contribution in [0, 0.1) is 5.92 Å². The van der Waals surface area contributed by atoms with Gasteiger partial charge in [-0.2, -0.15) is 0 Å². The van der Waals surface area contributed by atoms with Gasteiger partial charge in [-0.25, -0.2) is 4.79 Å². The van der Waals surface area contributed by atoms with Crippen molar-refractivity contribution >= 4 is 11.9 Å². The zero-order chi connectivity index (χ0) is 16.1. The number of hydrogen-bond donors (Lipinski definition) is 1. The summed E-state index contributed by atoms with van der Waals surface area (Å²) in [6.45, 7) is 5.88. The summed E-state index contributed by atoms with van der Waals surface area (Å²) in [6.07, 6.45) is 11.1. The molecule has 1 atom stereocenters. The van der Waals surface area contributed by atoms with Gasteiger partial charge in [-0.3, -0.25) is 4.79 Å². The van der Waals surface area contributed by atoms with Crippen LogP contribution in [-0.4, -0.2) is 18.0 Å². The summed E-state index contributed by atoms with van der Waals surface area (Å²) in [4.78, 5) is 23.0. The van der Waals surface area contributed by atoms with E-state index in [4.69, 9.17) is 10.5 Å². The van der Waals surface area contributed by atoms with Gasteiger partial charge < -0.3 is 10.5 Å². The van der Waals surface area contributed by atoms with Crippen LogP contribution in [0.5, 0.6) is 0 Å². The van der Waals surface area contributed by atoms with E-state index in [1.54, 1.807) is 0 Å². The van der Waals surface area contributed by atoms with Crippen molar-refractivity contribution in [2.75, 3.05) is 0 Å². The lowest BCUT2D eigenvalue weighted by atomic mass is 10.1. The molecule has 0 aliphatic rings. The molecule has 0 fully saturated rings. The Morgan fingerprint density at radius 3 is 1.86 bits per heavy atom. The van der Waals surface area contributed by atoms with Crippen LogP contribution in [0.1, 0.15) is 85.0 Å². The Bertz CT molecular complexity index is 290. The maximum atomic E-state index is 11.5. The highest BCUT2D eigenvalue weighted by atomic mass is 16.6. The molecule has 0 aromatic heterocycles. The Hall–Kier alpha value is -0.900. The van der Waals surface area contributed by atoms with Gasteiger partial charge >= 0.3 is 11.9 Å². The van der Waals surface area contributed by atoms with Gasteiger partial charge in [-0.15, -0.1) is 0 Å². The summed E-state index contributed by atoms with van der Waals surface area (Å²) >= 11 is 0. The number of carbonyl (C=O) groups is 2. The van der Waals surface area contributed by atoms with Crippen molar-refractivity contribution in [3.63, 3.8) is 0 Å². The Balaban J connectivity index is 3.48. The molecule has 21 heavy (non-hydrogen) atoms. The molecular weight excluding hydrogens is 266 g/mol. The van der Waals surface area contributed by atoms with Crippen LogP contribution in [0.4, 0.5) is 0 Å². The summed E-state index contributed by atoms with van der Waals surface area (Å²) in [6, 6.07) is -0.711. The summed E-state index contributed by atoms with van der Waals surface area (Å²) in [5.74, 6) is -1.07. The molecule has 2 N–H and O–H groups in total. The second kappa shape index (κ2) is 12.8. The number of rotatable bonds is 12. The molecule has 0 aliphatic carbocycles. The lowest BCUT2D eigenvalue weighted by Gasteiger charge is -2.13. The number of nitrogens with two attached hydrogens (primary N) is 1. The fourth-order valence-corrected chi connectivity index (χ4v) is 2.08. The lowest BCUT2D eigenvalue weighted by molar-refractivity contribution is -0.161. The molecular formula is C17H33NO3. The van der Waals surface area contributed by atoms with E-state index >= 15 is 0 Å². The molecule has 0 heterocycles. The van der Waals surface area contributed by atoms with Crippen molar-refractivity contribution in [2.24, 2.45) is 11.7 Å². The Morgan fingerprint density at radius 2 is 1.38 bits per heavy atom. The fraction of sp³-hybridized carbons (Fsp3) is 0.882. The molecule has 0 rings (SSSR count). The van der Waals surface area contributed by atoms with Crippen LogP contribution in [0.25, 0.3) is 0 Å². The first-order valence-electron chi connectivity index (χ1n) is 8.49. The smallest absolute Gasteiger partial charge is 0.330 e. The van der Waals surface area contributed by atoms with Crippen LogP contribution in [0.15, 0.2) is 0 Å². The highest BCUT2D eigenvalue weighted by molar-refractivity contribution is 5.88. The van der Waals surface area contributed by atoms with Gasteiger partial charge in [0.1, 0.15) is 6.04 Å². The number of ether oxygens (including phenoxy) is 1. The van der Waals surface area contributed by atoms with Crippen LogP contribution in [0.3, 0.4) is 0 Å². The van der Waals surface area contributed by atoms with Crippen molar-refractivity contribution < 1.29 is 14.3 Å². The number of unbranched alkanes of at least 4 members (excludes halogenated alkanes) is 8. The van der Waals surface area contributed by atoms with Crippen molar-refractivity contribution in [2.45, 2.75) is 91.0 Å². The second-order valence-corrected chi connectivity index (χ2v) is 6.14. The molecule has 4 nitrogen and oxygen atoms in total. The molecule has 0 aliphatic heterocycles. The first kappa shape index (κ1) is 20.1. The Morgan fingerprint density at radius 1 is 0.905 bits per heavy atom. The third-order valence-corrected chi connectivity index (χ3v) is 3.69. The molecule has 0 aromatic carbocycles. The van der Waals surface area contributed by atoms with Crippen molar-refractivity contribution in [3.05, 3.63) is 0 Å². The summed E-state index contributed by atoms with van der Waals surface area (Å²) < 4.78 is 4.74. The van der Waals surface area contributed by atoms with Gasteiger partial charge in [0.2, 0.25) is 0 Å². The second-order valence-electron chi connectivity index (χ2n) is 6.14. The van der Waals surface area contributed by atoms with Crippen molar-refractivity contribution in [1.82, 2.24) is 0 Å². The molecule has 0 saturated heterocycles. The minimum absolute atomic E-state index is 0.0157. The number of hydrogen-bond acceptors (Lipinski definition) is 4. The number of esters is 2. The van der Waals surface area contributed by atoms with E-state index in [-0.39, 0.29) is 5.92 Å².